The van der Waals surface area contributed by atoms with Crippen LogP contribution in [0, 0.1) is 5.41 Å². The summed E-state index contributed by atoms with van der Waals surface area (Å²) >= 11 is 0. The van der Waals surface area contributed by atoms with Crippen LogP contribution in [0.25, 0.3) is 0 Å². The molecule has 1 aliphatic rings. The van der Waals surface area contributed by atoms with E-state index in [4.69, 9.17) is 5.11 Å². The summed E-state index contributed by atoms with van der Waals surface area (Å²) in [6, 6.07) is 9.23. The first-order valence-corrected chi connectivity index (χ1v) is 7.05. The lowest BCUT2D eigenvalue weighted by molar-refractivity contribution is 0.288. The van der Waals surface area contributed by atoms with Crippen molar-refractivity contribution in [3.63, 3.8) is 0 Å². The molecule has 2 nitrogen and oxygen atoms in total. The van der Waals surface area contributed by atoms with Gasteiger partial charge in [0, 0.05) is 18.3 Å². The van der Waals surface area contributed by atoms with E-state index in [2.05, 4.69) is 43.4 Å². The maximum atomic E-state index is 8.87. The van der Waals surface area contributed by atoms with Crippen molar-refractivity contribution < 1.29 is 5.11 Å². The van der Waals surface area contributed by atoms with E-state index in [0.29, 0.717) is 11.5 Å². The number of hydrogen-bond donors (Lipinski definition) is 2. The van der Waals surface area contributed by atoms with Gasteiger partial charge in [0.1, 0.15) is 0 Å². The predicted molar refractivity (Wildman–Crippen MR) is 76.9 cm³/mol. The molecule has 1 atom stereocenters. The Morgan fingerprint density at radius 2 is 2.22 bits per heavy atom. The average Bonchev–Trinajstić information content (AvgIpc) is 2.66. The fraction of sp³-hybridized carbons (Fsp3) is 0.625. The molecule has 2 heteroatoms. The molecule has 1 fully saturated rings. The molecule has 0 bridgehead atoms. The van der Waals surface area contributed by atoms with E-state index in [0.717, 1.165) is 12.8 Å². The van der Waals surface area contributed by atoms with Crippen LogP contribution in [0.15, 0.2) is 24.3 Å². The van der Waals surface area contributed by atoms with Crippen molar-refractivity contribution in [2.75, 3.05) is 11.9 Å². The van der Waals surface area contributed by atoms with Crippen LogP contribution in [0.4, 0.5) is 5.69 Å². The van der Waals surface area contributed by atoms with Crippen molar-refractivity contribution in [3.05, 3.63) is 29.8 Å². The van der Waals surface area contributed by atoms with Crippen molar-refractivity contribution in [3.8, 4) is 0 Å². The quantitative estimate of drug-likeness (QED) is 0.833. The topological polar surface area (TPSA) is 32.3 Å². The minimum absolute atomic E-state index is 0.272. The van der Waals surface area contributed by atoms with Gasteiger partial charge in [-0.2, -0.15) is 0 Å². The summed E-state index contributed by atoms with van der Waals surface area (Å²) in [6.45, 7) is 4.98. The normalized spacial score (nSPS) is 22.1. The standard InChI is InChI=1S/C16H25NO/c1-16(2)9-8-15(12-16)17-14-7-3-5-13(11-14)6-4-10-18/h3,5,7,11,15,17-18H,4,6,8-10,12H2,1-2H3. The van der Waals surface area contributed by atoms with E-state index < -0.39 is 0 Å². The zero-order chi connectivity index (χ0) is 13.0. The Labute approximate surface area is 110 Å². The minimum atomic E-state index is 0.272. The average molecular weight is 247 g/mol. The molecule has 0 aromatic heterocycles. The lowest BCUT2D eigenvalue weighted by Crippen LogP contribution is -2.17. The molecular formula is C16H25NO. The summed E-state index contributed by atoms with van der Waals surface area (Å²) in [4.78, 5) is 0. The van der Waals surface area contributed by atoms with Gasteiger partial charge in [-0.15, -0.1) is 0 Å². The zero-order valence-corrected chi connectivity index (χ0v) is 11.6. The van der Waals surface area contributed by atoms with E-state index in [-0.39, 0.29) is 6.61 Å². The summed E-state index contributed by atoms with van der Waals surface area (Å²) < 4.78 is 0. The molecule has 18 heavy (non-hydrogen) atoms. The second kappa shape index (κ2) is 5.75. The summed E-state index contributed by atoms with van der Waals surface area (Å²) in [5, 5.41) is 12.5. The highest BCUT2D eigenvalue weighted by Crippen LogP contribution is 2.38. The van der Waals surface area contributed by atoms with Gasteiger partial charge in [0.05, 0.1) is 0 Å². The number of aryl methyl sites for hydroxylation is 1. The van der Waals surface area contributed by atoms with Gasteiger partial charge in [-0.1, -0.05) is 26.0 Å². The minimum Gasteiger partial charge on any atom is -0.396 e. The van der Waals surface area contributed by atoms with Gasteiger partial charge in [0.25, 0.3) is 0 Å². The van der Waals surface area contributed by atoms with Crippen LogP contribution in [0.3, 0.4) is 0 Å². The largest absolute Gasteiger partial charge is 0.396 e. The first kappa shape index (κ1) is 13.4. The molecule has 100 valence electrons. The highest BCUT2D eigenvalue weighted by Gasteiger charge is 2.30. The van der Waals surface area contributed by atoms with Gasteiger partial charge in [-0.05, 0) is 55.2 Å². The van der Waals surface area contributed by atoms with Gasteiger partial charge in [-0.3, -0.25) is 0 Å². The van der Waals surface area contributed by atoms with Crippen LogP contribution in [0.5, 0.6) is 0 Å². The molecule has 0 spiro atoms. The number of aliphatic hydroxyl groups excluding tert-OH is 1. The van der Waals surface area contributed by atoms with Gasteiger partial charge in [0.15, 0.2) is 0 Å². The van der Waals surface area contributed by atoms with Crippen molar-refractivity contribution in [1.82, 2.24) is 0 Å². The fourth-order valence-corrected chi connectivity index (χ4v) is 2.89. The summed E-state index contributed by atoms with van der Waals surface area (Å²) in [6.07, 6.45) is 5.65. The molecule has 1 aromatic carbocycles. The SMILES string of the molecule is CC1(C)CCC(Nc2cccc(CCCO)c2)C1. The summed E-state index contributed by atoms with van der Waals surface area (Å²) in [5.74, 6) is 0. The summed E-state index contributed by atoms with van der Waals surface area (Å²) in [7, 11) is 0. The lowest BCUT2D eigenvalue weighted by Gasteiger charge is -2.19. The second-order valence-corrected chi connectivity index (χ2v) is 6.28. The Bertz CT molecular complexity index is 386. The molecule has 1 saturated carbocycles. The Balaban J connectivity index is 1.93. The summed E-state index contributed by atoms with van der Waals surface area (Å²) in [5.41, 5.74) is 3.03. The smallest absolute Gasteiger partial charge is 0.0434 e. The van der Waals surface area contributed by atoms with E-state index in [1.54, 1.807) is 0 Å². The molecule has 1 unspecified atom stereocenters. The maximum Gasteiger partial charge on any atom is 0.0434 e. The Hall–Kier alpha value is -1.02. The second-order valence-electron chi connectivity index (χ2n) is 6.28. The van der Waals surface area contributed by atoms with Crippen molar-refractivity contribution >= 4 is 5.69 Å². The van der Waals surface area contributed by atoms with E-state index in [1.807, 2.05) is 0 Å². The van der Waals surface area contributed by atoms with Gasteiger partial charge < -0.3 is 10.4 Å². The Kier molecular flexibility index (Phi) is 4.28. The third-order valence-corrected chi connectivity index (χ3v) is 3.89. The first-order chi connectivity index (χ1) is 8.59. The van der Waals surface area contributed by atoms with E-state index >= 15 is 0 Å². The molecule has 0 saturated heterocycles. The third-order valence-electron chi connectivity index (χ3n) is 3.89. The van der Waals surface area contributed by atoms with Crippen LogP contribution >= 0.6 is 0 Å². The molecule has 1 aliphatic carbocycles. The lowest BCUT2D eigenvalue weighted by atomic mass is 9.92. The van der Waals surface area contributed by atoms with Crippen LogP contribution in [-0.4, -0.2) is 17.8 Å². The number of aliphatic hydroxyl groups is 1. The van der Waals surface area contributed by atoms with Crippen LogP contribution in [0.2, 0.25) is 0 Å². The van der Waals surface area contributed by atoms with Crippen LogP contribution < -0.4 is 5.32 Å². The van der Waals surface area contributed by atoms with E-state index in [1.165, 1.54) is 30.5 Å². The number of anilines is 1. The molecule has 2 N–H and O–H groups in total. The number of hydrogen-bond acceptors (Lipinski definition) is 2. The van der Waals surface area contributed by atoms with E-state index in [9.17, 15) is 0 Å². The first-order valence-electron chi connectivity index (χ1n) is 7.05. The number of benzene rings is 1. The molecule has 0 aliphatic heterocycles. The Morgan fingerprint density at radius 3 is 2.89 bits per heavy atom. The third kappa shape index (κ3) is 3.74. The number of rotatable bonds is 5. The molecule has 1 aromatic rings. The molecule has 0 heterocycles. The molecule has 0 radical (unpaired) electrons. The van der Waals surface area contributed by atoms with Gasteiger partial charge in [-0.25, -0.2) is 0 Å². The van der Waals surface area contributed by atoms with Crippen LogP contribution in [0.1, 0.15) is 45.1 Å². The highest BCUT2D eigenvalue weighted by atomic mass is 16.2. The van der Waals surface area contributed by atoms with Crippen LogP contribution in [-0.2, 0) is 6.42 Å². The Morgan fingerprint density at radius 1 is 1.39 bits per heavy atom. The van der Waals surface area contributed by atoms with Crippen molar-refractivity contribution in [2.45, 2.75) is 52.0 Å². The highest BCUT2D eigenvalue weighted by molar-refractivity contribution is 5.46. The molecule has 0 amide bonds. The molecule has 2 rings (SSSR count). The predicted octanol–water partition coefficient (Wildman–Crippen LogP) is 3.60. The van der Waals surface area contributed by atoms with Crippen molar-refractivity contribution in [1.29, 1.82) is 0 Å². The van der Waals surface area contributed by atoms with Gasteiger partial charge >= 0.3 is 0 Å². The number of nitrogens with one attached hydrogen (secondary N) is 1. The van der Waals surface area contributed by atoms with Crippen molar-refractivity contribution in [2.24, 2.45) is 5.41 Å². The zero-order valence-electron chi connectivity index (χ0n) is 11.6. The molecular weight excluding hydrogens is 222 g/mol. The maximum absolute atomic E-state index is 8.87. The monoisotopic (exact) mass is 247 g/mol. The fourth-order valence-electron chi connectivity index (χ4n) is 2.89. The van der Waals surface area contributed by atoms with Gasteiger partial charge in [0.2, 0.25) is 0 Å².